The lowest BCUT2D eigenvalue weighted by Gasteiger charge is -2.09. The summed E-state index contributed by atoms with van der Waals surface area (Å²) in [6, 6.07) is 3.63. The van der Waals surface area contributed by atoms with E-state index < -0.39 is 17.9 Å². The number of hydrogen-bond donors (Lipinski definition) is 1. The fourth-order valence-electron chi connectivity index (χ4n) is 1.14. The van der Waals surface area contributed by atoms with Crippen molar-refractivity contribution in [3.63, 3.8) is 0 Å². The Balaban J connectivity index is 2.66. The number of carbonyl (C=O) groups is 2. The third kappa shape index (κ3) is 3.36. The average Bonchev–Trinajstić information content (AvgIpc) is 2.66. The van der Waals surface area contributed by atoms with Gasteiger partial charge in [0.2, 0.25) is 0 Å². The molecule has 1 atom stereocenters. The molecule has 1 N–H and O–H groups in total. The van der Waals surface area contributed by atoms with Crippen LogP contribution in [-0.2, 0) is 20.7 Å². The Kier molecular flexibility index (Phi) is 4.30. The maximum Gasteiger partial charge on any atom is 0.320 e. The van der Waals surface area contributed by atoms with E-state index in [4.69, 9.17) is 9.84 Å². The highest BCUT2D eigenvalue weighted by molar-refractivity contribution is 7.09. The Bertz CT molecular complexity index is 331. The Morgan fingerprint density at radius 1 is 1.60 bits per heavy atom. The van der Waals surface area contributed by atoms with Crippen LogP contribution in [0.25, 0.3) is 0 Å². The van der Waals surface area contributed by atoms with E-state index in [-0.39, 0.29) is 13.0 Å². The van der Waals surface area contributed by atoms with Gasteiger partial charge in [0.1, 0.15) is 0 Å². The van der Waals surface area contributed by atoms with Gasteiger partial charge in [-0.2, -0.15) is 0 Å². The first-order valence-corrected chi connectivity index (χ1v) is 5.45. The number of ether oxygens (including phenoxy) is 1. The molecule has 5 heteroatoms. The van der Waals surface area contributed by atoms with Crippen LogP contribution in [-0.4, -0.2) is 23.7 Å². The van der Waals surface area contributed by atoms with Crippen LogP contribution in [0.2, 0.25) is 0 Å². The molecule has 0 radical (unpaired) electrons. The summed E-state index contributed by atoms with van der Waals surface area (Å²) >= 11 is 1.43. The molecule has 1 rings (SSSR count). The lowest BCUT2D eigenvalue weighted by atomic mass is 10.1. The highest BCUT2D eigenvalue weighted by Gasteiger charge is 2.28. The number of aliphatic carboxylic acids is 1. The van der Waals surface area contributed by atoms with Crippen LogP contribution in [0.1, 0.15) is 11.8 Å². The van der Waals surface area contributed by atoms with E-state index >= 15 is 0 Å². The summed E-state index contributed by atoms with van der Waals surface area (Å²) in [6.45, 7) is 1.86. The first-order valence-electron chi connectivity index (χ1n) is 4.57. The van der Waals surface area contributed by atoms with E-state index in [2.05, 4.69) is 0 Å². The number of esters is 1. The maximum absolute atomic E-state index is 11.3. The van der Waals surface area contributed by atoms with Gasteiger partial charge in [0.25, 0.3) is 0 Å². The molecule has 0 aliphatic heterocycles. The Morgan fingerprint density at radius 3 is 2.80 bits per heavy atom. The summed E-state index contributed by atoms with van der Waals surface area (Å²) in [5.74, 6) is -2.90. The van der Waals surface area contributed by atoms with Crippen molar-refractivity contribution < 1.29 is 19.4 Å². The van der Waals surface area contributed by atoms with E-state index in [1.54, 1.807) is 13.0 Å². The molecule has 0 fully saturated rings. The van der Waals surface area contributed by atoms with Gasteiger partial charge >= 0.3 is 11.9 Å². The fourth-order valence-corrected chi connectivity index (χ4v) is 1.90. The lowest BCUT2D eigenvalue weighted by Crippen LogP contribution is -2.27. The summed E-state index contributed by atoms with van der Waals surface area (Å²) < 4.78 is 4.70. The van der Waals surface area contributed by atoms with Gasteiger partial charge in [0.15, 0.2) is 5.92 Å². The zero-order chi connectivity index (χ0) is 11.3. The molecule has 0 aliphatic rings. The molecule has 1 aromatic heterocycles. The summed E-state index contributed by atoms with van der Waals surface area (Å²) in [5.41, 5.74) is 0. The number of thiophene rings is 1. The van der Waals surface area contributed by atoms with Gasteiger partial charge in [0, 0.05) is 11.3 Å². The molecule has 0 saturated carbocycles. The van der Waals surface area contributed by atoms with Crippen LogP contribution in [0, 0.1) is 5.92 Å². The average molecular weight is 228 g/mol. The molecule has 15 heavy (non-hydrogen) atoms. The molecule has 0 spiro atoms. The van der Waals surface area contributed by atoms with Gasteiger partial charge in [-0.25, -0.2) is 0 Å². The van der Waals surface area contributed by atoms with E-state index in [0.29, 0.717) is 0 Å². The monoisotopic (exact) mass is 228 g/mol. The smallest absolute Gasteiger partial charge is 0.320 e. The molecule has 4 nitrogen and oxygen atoms in total. The zero-order valence-corrected chi connectivity index (χ0v) is 9.12. The standard InChI is InChI=1S/C10H12O4S/c1-2-14-10(13)8(9(11)12)6-7-4-3-5-15-7/h3-5,8H,2,6H2,1H3,(H,11,12)/t8-/m0/s1. The van der Waals surface area contributed by atoms with Crippen molar-refractivity contribution in [3.05, 3.63) is 22.4 Å². The number of carboxylic acids is 1. The van der Waals surface area contributed by atoms with Crippen molar-refractivity contribution in [2.75, 3.05) is 6.61 Å². The van der Waals surface area contributed by atoms with Gasteiger partial charge in [-0.05, 0) is 18.4 Å². The normalized spacial score (nSPS) is 12.1. The predicted octanol–water partition coefficient (Wildman–Crippen LogP) is 1.55. The summed E-state index contributed by atoms with van der Waals surface area (Å²) in [4.78, 5) is 23.0. The van der Waals surface area contributed by atoms with Crippen LogP contribution in [0.3, 0.4) is 0 Å². The molecule has 0 saturated heterocycles. The van der Waals surface area contributed by atoms with Crippen LogP contribution in [0.5, 0.6) is 0 Å². The van der Waals surface area contributed by atoms with Gasteiger partial charge in [-0.3, -0.25) is 9.59 Å². The minimum atomic E-state index is -1.14. The molecule has 82 valence electrons. The van der Waals surface area contributed by atoms with Crippen molar-refractivity contribution in [1.82, 2.24) is 0 Å². The third-order valence-corrected chi connectivity index (χ3v) is 2.75. The second-order valence-corrected chi connectivity index (χ2v) is 3.96. The number of rotatable bonds is 5. The minimum absolute atomic E-state index is 0.200. The van der Waals surface area contributed by atoms with Crippen LogP contribution in [0.15, 0.2) is 17.5 Å². The molecule has 1 heterocycles. The van der Waals surface area contributed by atoms with Gasteiger partial charge < -0.3 is 9.84 Å². The summed E-state index contributed by atoms with van der Waals surface area (Å²) in [6.07, 6.45) is 0.200. The summed E-state index contributed by atoms with van der Waals surface area (Å²) in [7, 11) is 0. The first-order chi connectivity index (χ1) is 7.15. The van der Waals surface area contributed by atoms with Gasteiger partial charge in [-0.1, -0.05) is 6.07 Å². The lowest BCUT2D eigenvalue weighted by molar-refractivity contribution is -0.158. The highest BCUT2D eigenvalue weighted by atomic mass is 32.1. The van der Waals surface area contributed by atoms with Gasteiger partial charge in [-0.15, -0.1) is 11.3 Å². The first kappa shape index (κ1) is 11.7. The SMILES string of the molecule is CCOC(=O)[C@@H](Cc1cccs1)C(=O)O. The van der Waals surface area contributed by atoms with Crippen molar-refractivity contribution >= 4 is 23.3 Å². The quantitative estimate of drug-likeness (QED) is 0.613. The molecule has 1 aromatic rings. The molecular weight excluding hydrogens is 216 g/mol. The van der Waals surface area contributed by atoms with Crippen LogP contribution in [0.4, 0.5) is 0 Å². The predicted molar refractivity (Wildman–Crippen MR) is 55.8 cm³/mol. The molecule has 0 aromatic carbocycles. The molecule has 0 aliphatic carbocycles. The van der Waals surface area contributed by atoms with Gasteiger partial charge in [0.05, 0.1) is 6.61 Å². The highest BCUT2D eigenvalue weighted by Crippen LogP contribution is 2.16. The van der Waals surface area contributed by atoms with Crippen molar-refractivity contribution in [2.45, 2.75) is 13.3 Å². The van der Waals surface area contributed by atoms with Crippen molar-refractivity contribution in [3.8, 4) is 0 Å². The largest absolute Gasteiger partial charge is 0.481 e. The maximum atomic E-state index is 11.3. The molecule has 0 unspecified atom stereocenters. The van der Waals surface area contributed by atoms with Crippen molar-refractivity contribution in [1.29, 1.82) is 0 Å². The van der Waals surface area contributed by atoms with Crippen molar-refractivity contribution in [2.24, 2.45) is 5.92 Å². The second kappa shape index (κ2) is 5.50. The van der Waals surface area contributed by atoms with Crippen LogP contribution < -0.4 is 0 Å². The Morgan fingerprint density at radius 2 is 2.33 bits per heavy atom. The molecule has 0 bridgehead atoms. The zero-order valence-electron chi connectivity index (χ0n) is 8.30. The number of carboxylic acid groups (broad SMARTS) is 1. The van der Waals surface area contributed by atoms with Crippen LogP contribution >= 0.6 is 11.3 Å². The Hall–Kier alpha value is -1.36. The van der Waals surface area contributed by atoms with E-state index in [9.17, 15) is 9.59 Å². The number of hydrogen-bond acceptors (Lipinski definition) is 4. The molecule has 0 amide bonds. The number of carbonyl (C=O) groups excluding carboxylic acids is 1. The fraction of sp³-hybridized carbons (Fsp3) is 0.400. The topological polar surface area (TPSA) is 63.6 Å². The summed E-state index contributed by atoms with van der Waals surface area (Å²) in [5, 5.41) is 10.7. The van der Waals surface area contributed by atoms with E-state index in [0.717, 1.165) is 4.88 Å². The second-order valence-electron chi connectivity index (χ2n) is 2.93. The third-order valence-electron chi connectivity index (χ3n) is 1.85. The molecular formula is C10H12O4S. The minimum Gasteiger partial charge on any atom is -0.481 e. The van der Waals surface area contributed by atoms with E-state index in [1.165, 1.54) is 11.3 Å². The Labute approximate surface area is 91.5 Å². The van der Waals surface area contributed by atoms with E-state index in [1.807, 2.05) is 11.4 Å².